The number of hydrogen-bond acceptors (Lipinski definition) is 6. The van der Waals surface area contributed by atoms with E-state index in [2.05, 4.69) is 10.2 Å². The van der Waals surface area contributed by atoms with Crippen LogP contribution in [0.15, 0.2) is 102 Å². The quantitative estimate of drug-likeness (QED) is 0.140. The number of nitrogens with one attached hydrogen (secondary N) is 1. The maximum Gasteiger partial charge on any atom is 0.335 e. The van der Waals surface area contributed by atoms with Crippen LogP contribution in [-0.2, 0) is 21.4 Å². The Labute approximate surface area is 285 Å². The van der Waals surface area contributed by atoms with Gasteiger partial charge in [0.05, 0.1) is 10.5 Å². The number of likely N-dealkylation sites (tertiary alicyclic amines) is 1. The summed E-state index contributed by atoms with van der Waals surface area (Å²) < 4.78 is 30.0. The van der Waals surface area contributed by atoms with Crippen LogP contribution in [0.5, 0.6) is 0 Å². The summed E-state index contributed by atoms with van der Waals surface area (Å²) in [6, 6.07) is 26.9. The van der Waals surface area contributed by atoms with Gasteiger partial charge in [-0.05, 0) is 103 Å². The molecule has 0 bridgehead atoms. The van der Waals surface area contributed by atoms with Crippen molar-refractivity contribution in [2.45, 2.75) is 48.6 Å². The highest BCUT2D eigenvalue weighted by Gasteiger charge is 2.68. The van der Waals surface area contributed by atoms with Crippen LogP contribution in [0.2, 0.25) is 5.02 Å². The lowest BCUT2D eigenvalue weighted by Crippen LogP contribution is -2.48. The Balaban J connectivity index is 1.32. The van der Waals surface area contributed by atoms with Gasteiger partial charge in [0.15, 0.2) is 0 Å². The highest BCUT2D eigenvalue weighted by Crippen LogP contribution is 2.58. The second-order valence-corrected chi connectivity index (χ2v) is 14.8. The molecule has 2 atom stereocenters. The van der Waals surface area contributed by atoms with E-state index in [9.17, 15) is 28.2 Å². The third-order valence-electron chi connectivity index (χ3n) is 9.36. The van der Waals surface area contributed by atoms with Crippen LogP contribution in [0.4, 0.5) is 5.69 Å². The predicted octanol–water partition coefficient (Wildman–Crippen LogP) is 6.80. The van der Waals surface area contributed by atoms with E-state index in [-0.39, 0.29) is 23.4 Å². The largest absolute Gasteiger partial charge is 0.480 e. The summed E-state index contributed by atoms with van der Waals surface area (Å²) in [7, 11) is -4.39. The molecule has 48 heavy (non-hydrogen) atoms. The molecule has 2 aliphatic rings. The number of aromatic carboxylic acids is 1. The van der Waals surface area contributed by atoms with Crippen LogP contribution in [0.3, 0.4) is 0 Å². The lowest BCUT2D eigenvalue weighted by atomic mass is 10.0. The molecule has 0 amide bonds. The molecule has 9 nitrogen and oxygen atoms in total. The van der Waals surface area contributed by atoms with E-state index in [1.165, 1.54) is 49.6 Å². The zero-order chi connectivity index (χ0) is 33.9. The molecule has 1 heterocycles. The molecule has 4 aromatic rings. The van der Waals surface area contributed by atoms with Crippen molar-refractivity contribution in [3.8, 4) is 11.1 Å². The summed E-state index contributed by atoms with van der Waals surface area (Å²) in [5, 5.41) is 24.4. The first-order chi connectivity index (χ1) is 23.1. The summed E-state index contributed by atoms with van der Waals surface area (Å²) >= 11 is 6.03. The van der Waals surface area contributed by atoms with Gasteiger partial charge in [-0.25, -0.2) is 13.2 Å². The Hall–Kier alpha value is -4.22. The molecular formula is C37H38ClN3O6S. The van der Waals surface area contributed by atoms with E-state index in [1.807, 2.05) is 36.4 Å². The molecule has 0 aromatic heterocycles. The first kappa shape index (κ1) is 33.7. The molecule has 2 fully saturated rings. The number of carboxylic acid groups (broad SMARTS) is 2. The zero-order valence-corrected chi connectivity index (χ0v) is 28.0. The Morgan fingerprint density at radius 1 is 0.875 bits per heavy atom. The predicted molar refractivity (Wildman–Crippen MR) is 186 cm³/mol. The molecule has 0 unspecified atom stereocenters. The minimum absolute atomic E-state index is 0.0165. The van der Waals surface area contributed by atoms with Crippen molar-refractivity contribution >= 4 is 39.3 Å². The van der Waals surface area contributed by atoms with Crippen molar-refractivity contribution in [1.82, 2.24) is 9.21 Å². The number of hydrogen-bond donors (Lipinski definition) is 3. The number of carboxylic acids is 2. The number of carbonyl (C=O) groups is 2. The van der Waals surface area contributed by atoms with Gasteiger partial charge >= 0.3 is 11.9 Å². The Kier molecular flexibility index (Phi) is 9.89. The van der Waals surface area contributed by atoms with E-state index in [0.29, 0.717) is 10.6 Å². The van der Waals surface area contributed by atoms with Crippen LogP contribution in [0.1, 0.15) is 53.1 Å². The number of benzene rings is 4. The molecule has 6 rings (SSSR count). The Bertz CT molecular complexity index is 1900. The molecule has 1 aliphatic carbocycles. The van der Waals surface area contributed by atoms with E-state index in [1.54, 1.807) is 30.3 Å². The summed E-state index contributed by atoms with van der Waals surface area (Å²) in [4.78, 5) is 27.3. The minimum Gasteiger partial charge on any atom is -0.480 e. The van der Waals surface area contributed by atoms with Crippen molar-refractivity contribution < 1.29 is 28.2 Å². The van der Waals surface area contributed by atoms with Gasteiger partial charge in [-0.1, -0.05) is 66.6 Å². The summed E-state index contributed by atoms with van der Waals surface area (Å²) in [6.45, 7) is 3.51. The van der Waals surface area contributed by atoms with Gasteiger partial charge in [-0.15, -0.1) is 0 Å². The zero-order valence-electron chi connectivity index (χ0n) is 26.4. The number of piperidine rings is 1. The maximum atomic E-state index is 14.5. The second-order valence-electron chi connectivity index (χ2n) is 12.5. The molecule has 1 saturated heterocycles. The SMILES string of the molecule is O=C(O)c1cccc(CN([C@]2(C(=O)O)C[C@H]2c2cccc(NCCN3CCCCC3)c2)S(=O)(=O)c2ccc(-c3ccc(Cl)cc3)cc2)c1. The third-order valence-corrected chi connectivity index (χ3v) is 11.5. The molecule has 1 saturated carbocycles. The van der Waals surface area contributed by atoms with Crippen LogP contribution in [0, 0.1) is 0 Å². The van der Waals surface area contributed by atoms with E-state index in [0.717, 1.165) is 52.9 Å². The van der Waals surface area contributed by atoms with Crippen molar-refractivity contribution in [3.63, 3.8) is 0 Å². The number of rotatable bonds is 13. The van der Waals surface area contributed by atoms with Crippen LogP contribution in [-0.4, -0.2) is 71.5 Å². The van der Waals surface area contributed by atoms with E-state index >= 15 is 0 Å². The monoisotopic (exact) mass is 687 g/mol. The fraction of sp³-hybridized carbons (Fsp3) is 0.297. The van der Waals surface area contributed by atoms with Crippen molar-refractivity contribution in [2.24, 2.45) is 0 Å². The highest BCUT2D eigenvalue weighted by molar-refractivity contribution is 7.89. The third kappa shape index (κ3) is 7.12. The molecule has 0 spiro atoms. The average molecular weight is 688 g/mol. The van der Waals surface area contributed by atoms with Crippen molar-refractivity contribution in [3.05, 3.63) is 119 Å². The average Bonchev–Trinajstić information content (AvgIpc) is 3.85. The van der Waals surface area contributed by atoms with Gasteiger partial charge in [0.2, 0.25) is 10.0 Å². The highest BCUT2D eigenvalue weighted by atomic mass is 35.5. The summed E-state index contributed by atoms with van der Waals surface area (Å²) in [5.41, 5.74) is 1.76. The molecule has 11 heteroatoms. The standard InChI is InChI=1S/C37H38ClN3O6S/c38-31-14-10-27(11-15-31)28-12-16-33(17-13-28)48(46,47)41(25-26-6-4-8-30(22-26)35(42)43)37(36(44)45)24-34(37)29-7-5-9-32(23-29)39-18-21-40-19-2-1-3-20-40/h4-17,22-23,34,39H,1-3,18-21,24-25H2,(H,42,43)(H,44,45)/t34-,37+/m0/s1. The van der Waals surface area contributed by atoms with Gasteiger partial charge < -0.3 is 20.4 Å². The Morgan fingerprint density at radius 2 is 1.54 bits per heavy atom. The molecule has 0 radical (unpaired) electrons. The molecule has 4 aromatic carbocycles. The van der Waals surface area contributed by atoms with Gasteiger partial charge in [0, 0.05) is 36.3 Å². The number of anilines is 1. The number of halogens is 1. The summed E-state index contributed by atoms with van der Waals surface area (Å²) in [6.07, 6.45) is 3.76. The molecular weight excluding hydrogens is 650 g/mol. The van der Waals surface area contributed by atoms with E-state index < -0.39 is 33.4 Å². The fourth-order valence-corrected chi connectivity index (χ4v) is 8.56. The minimum atomic E-state index is -4.39. The van der Waals surface area contributed by atoms with Crippen molar-refractivity contribution in [1.29, 1.82) is 0 Å². The van der Waals surface area contributed by atoms with Crippen LogP contribution >= 0.6 is 11.6 Å². The first-order valence-corrected chi connectivity index (χ1v) is 17.9. The number of aliphatic carboxylic acids is 1. The normalized spacial score (nSPS) is 19.6. The van der Waals surface area contributed by atoms with Crippen LogP contribution in [0.25, 0.3) is 11.1 Å². The van der Waals surface area contributed by atoms with Gasteiger partial charge in [0.25, 0.3) is 0 Å². The summed E-state index contributed by atoms with van der Waals surface area (Å²) in [5.74, 6) is -3.04. The van der Waals surface area contributed by atoms with Crippen LogP contribution < -0.4 is 5.32 Å². The maximum absolute atomic E-state index is 14.5. The van der Waals surface area contributed by atoms with Crippen molar-refractivity contribution in [2.75, 3.05) is 31.5 Å². The van der Waals surface area contributed by atoms with Gasteiger partial charge in [-0.3, -0.25) is 4.79 Å². The van der Waals surface area contributed by atoms with E-state index in [4.69, 9.17) is 11.6 Å². The number of sulfonamides is 1. The Morgan fingerprint density at radius 3 is 2.21 bits per heavy atom. The molecule has 1 aliphatic heterocycles. The molecule has 250 valence electrons. The lowest BCUT2D eigenvalue weighted by molar-refractivity contribution is -0.143. The van der Waals surface area contributed by atoms with Gasteiger partial charge in [0.1, 0.15) is 5.54 Å². The number of nitrogens with zero attached hydrogens (tertiary/aromatic N) is 2. The second kappa shape index (κ2) is 14.1. The lowest BCUT2D eigenvalue weighted by Gasteiger charge is -2.30. The smallest absolute Gasteiger partial charge is 0.335 e. The van der Waals surface area contributed by atoms with Gasteiger partial charge in [-0.2, -0.15) is 4.31 Å². The topological polar surface area (TPSA) is 127 Å². The fourth-order valence-electron chi connectivity index (χ4n) is 6.67. The first-order valence-electron chi connectivity index (χ1n) is 16.1. The molecule has 3 N–H and O–H groups in total.